The summed E-state index contributed by atoms with van der Waals surface area (Å²) < 4.78 is 15.2. The third-order valence-corrected chi connectivity index (χ3v) is 2.32. The minimum Gasteiger partial charge on any atom is -0.461 e. The lowest BCUT2D eigenvalue weighted by molar-refractivity contribution is -0.135. The molecule has 1 rings (SSSR count). The molecule has 6 nitrogen and oxygen atoms in total. The van der Waals surface area contributed by atoms with E-state index in [1.54, 1.807) is 6.92 Å². The van der Waals surface area contributed by atoms with Crippen LogP contribution in [0.2, 0.25) is 0 Å². The van der Waals surface area contributed by atoms with Gasteiger partial charge >= 0.3 is 14.0 Å². The van der Waals surface area contributed by atoms with Crippen LogP contribution in [0.1, 0.15) is 13.3 Å². The summed E-state index contributed by atoms with van der Waals surface area (Å²) >= 11 is 0. The van der Waals surface area contributed by atoms with Crippen molar-refractivity contribution in [1.82, 2.24) is 0 Å². The van der Waals surface area contributed by atoms with Crippen molar-refractivity contribution in [2.45, 2.75) is 19.4 Å². The highest BCUT2D eigenvalue weighted by molar-refractivity contribution is 7.38. The normalized spacial score (nSPS) is 21.1. The van der Waals surface area contributed by atoms with E-state index in [9.17, 15) is 9.36 Å². The van der Waals surface area contributed by atoms with Crippen LogP contribution < -0.4 is 0 Å². The Morgan fingerprint density at radius 1 is 1.86 bits per heavy atom. The highest BCUT2D eigenvalue weighted by Crippen LogP contribution is 2.22. The molecule has 1 aliphatic rings. The second-order valence-corrected chi connectivity index (χ2v) is 3.79. The van der Waals surface area contributed by atoms with Crippen LogP contribution in [0.5, 0.6) is 0 Å². The van der Waals surface area contributed by atoms with E-state index in [0.717, 1.165) is 0 Å². The van der Waals surface area contributed by atoms with Crippen LogP contribution in [-0.2, 0) is 18.9 Å². The number of nitrogens with zero attached hydrogens (tertiary/aromatic N) is 1. The van der Waals surface area contributed by atoms with Gasteiger partial charge in [-0.1, -0.05) is 5.16 Å². The fourth-order valence-electron chi connectivity index (χ4n) is 1.04. The third kappa shape index (κ3) is 3.05. The van der Waals surface area contributed by atoms with Gasteiger partial charge < -0.3 is 9.57 Å². The maximum Gasteiger partial charge on any atom is 0.509 e. The molecule has 0 amide bonds. The molecule has 0 radical (unpaired) electrons. The van der Waals surface area contributed by atoms with Crippen LogP contribution in [0, 0.1) is 0 Å². The molecule has 0 aromatic carbocycles. The molecule has 14 heavy (non-hydrogen) atoms. The lowest BCUT2D eigenvalue weighted by Gasteiger charge is -1.98. The first-order chi connectivity index (χ1) is 6.63. The SMILES string of the molecule is CCOC(=O)C1=NOC(C[P+](=O)O)C1. The number of oxime groups is 1. The van der Waals surface area contributed by atoms with Gasteiger partial charge in [0.05, 0.1) is 6.61 Å². The van der Waals surface area contributed by atoms with Gasteiger partial charge in [-0.05, 0) is 11.5 Å². The first-order valence-electron chi connectivity index (χ1n) is 4.16. The number of carbonyl (C=O) groups excluding carboxylic acids is 1. The van der Waals surface area contributed by atoms with E-state index < -0.39 is 20.1 Å². The molecule has 0 saturated carbocycles. The van der Waals surface area contributed by atoms with E-state index in [0.29, 0.717) is 0 Å². The molecule has 0 spiro atoms. The van der Waals surface area contributed by atoms with Gasteiger partial charge in [-0.25, -0.2) is 4.79 Å². The molecule has 2 atom stereocenters. The summed E-state index contributed by atoms with van der Waals surface area (Å²) in [5.41, 5.74) is 0.175. The average molecular weight is 220 g/mol. The summed E-state index contributed by atoms with van der Waals surface area (Å²) in [4.78, 5) is 24.5. The lowest BCUT2D eigenvalue weighted by atomic mass is 10.2. The summed E-state index contributed by atoms with van der Waals surface area (Å²) in [7, 11) is -2.26. The standard InChI is InChI=1S/C7H10NO5P/c1-2-12-7(9)6-3-5(13-8-6)4-14(10)11/h5H,2-4H2,1H3/p+1. The van der Waals surface area contributed by atoms with Crippen molar-refractivity contribution in [1.29, 1.82) is 0 Å². The molecule has 0 aromatic heterocycles. The number of rotatable bonds is 4. The van der Waals surface area contributed by atoms with Crippen molar-refractivity contribution in [3.05, 3.63) is 0 Å². The monoisotopic (exact) mass is 220 g/mol. The zero-order chi connectivity index (χ0) is 10.6. The molecule has 0 aromatic rings. The molecule has 0 fully saturated rings. The topological polar surface area (TPSA) is 85.2 Å². The average Bonchev–Trinajstić information content (AvgIpc) is 2.52. The Hall–Kier alpha value is -1.00. The fourth-order valence-corrected chi connectivity index (χ4v) is 1.58. The minimum atomic E-state index is -2.26. The lowest BCUT2D eigenvalue weighted by Crippen LogP contribution is -2.19. The Labute approximate surface area is 81.7 Å². The molecule has 2 unspecified atom stereocenters. The first-order valence-corrected chi connectivity index (χ1v) is 5.56. The number of esters is 1. The molecule has 7 heteroatoms. The molecule has 0 saturated heterocycles. The van der Waals surface area contributed by atoms with Crippen LogP contribution in [0.4, 0.5) is 0 Å². The van der Waals surface area contributed by atoms with Gasteiger partial charge in [-0.3, -0.25) is 0 Å². The van der Waals surface area contributed by atoms with E-state index in [2.05, 4.69) is 5.16 Å². The van der Waals surface area contributed by atoms with Crippen LogP contribution in [0.25, 0.3) is 0 Å². The second kappa shape index (κ2) is 5.02. The Kier molecular flexibility index (Phi) is 3.98. The first kappa shape index (κ1) is 11.1. The molecule has 1 heterocycles. The molecule has 0 bridgehead atoms. The zero-order valence-electron chi connectivity index (χ0n) is 7.67. The molecule has 1 aliphatic heterocycles. The fraction of sp³-hybridized carbons (Fsp3) is 0.714. The molecule has 78 valence electrons. The molecule has 1 N–H and O–H groups in total. The number of carbonyl (C=O) groups is 1. The number of hydrogen-bond donors (Lipinski definition) is 1. The quantitative estimate of drug-likeness (QED) is 0.548. The van der Waals surface area contributed by atoms with Crippen LogP contribution >= 0.6 is 8.03 Å². The predicted molar refractivity (Wildman–Crippen MR) is 48.3 cm³/mol. The van der Waals surface area contributed by atoms with Crippen molar-refractivity contribution in [2.75, 3.05) is 12.8 Å². The van der Waals surface area contributed by atoms with Gasteiger partial charge in [-0.15, -0.1) is 0 Å². The molecular formula is C7H11NO5P+. The van der Waals surface area contributed by atoms with Crippen molar-refractivity contribution >= 4 is 19.7 Å². The molecule has 0 aliphatic carbocycles. The summed E-state index contributed by atoms with van der Waals surface area (Å²) in [6, 6.07) is 0. The van der Waals surface area contributed by atoms with E-state index in [1.165, 1.54) is 0 Å². The van der Waals surface area contributed by atoms with Crippen molar-refractivity contribution in [3.8, 4) is 0 Å². The summed E-state index contributed by atoms with van der Waals surface area (Å²) in [6.07, 6.45) is -0.259. The number of ether oxygens (including phenoxy) is 1. The van der Waals surface area contributed by atoms with Crippen molar-refractivity contribution in [2.24, 2.45) is 5.16 Å². The third-order valence-electron chi connectivity index (χ3n) is 1.60. The maximum atomic E-state index is 11.1. The highest BCUT2D eigenvalue weighted by Gasteiger charge is 2.32. The highest BCUT2D eigenvalue weighted by atomic mass is 31.1. The van der Waals surface area contributed by atoms with Gasteiger partial charge in [-0.2, -0.15) is 4.89 Å². The van der Waals surface area contributed by atoms with E-state index >= 15 is 0 Å². The van der Waals surface area contributed by atoms with Crippen LogP contribution in [0.15, 0.2) is 5.16 Å². The van der Waals surface area contributed by atoms with E-state index in [-0.39, 0.29) is 24.9 Å². The second-order valence-electron chi connectivity index (χ2n) is 2.72. The summed E-state index contributed by atoms with van der Waals surface area (Å²) in [5.74, 6) is -0.525. The minimum absolute atomic E-state index is 0.0122. The van der Waals surface area contributed by atoms with Crippen molar-refractivity contribution in [3.63, 3.8) is 0 Å². The number of hydrogen-bond acceptors (Lipinski definition) is 5. The Bertz CT molecular complexity index is 277. The largest absolute Gasteiger partial charge is 0.509 e. The smallest absolute Gasteiger partial charge is 0.461 e. The molecular weight excluding hydrogens is 209 g/mol. The Balaban J connectivity index is 2.39. The zero-order valence-corrected chi connectivity index (χ0v) is 8.57. The van der Waals surface area contributed by atoms with Gasteiger partial charge in [0.25, 0.3) is 0 Å². The van der Waals surface area contributed by atoms with Crippen LogP contribution in [0.3, 0.4) is 0 Å². The van der Waals surface area contributed by atoms with Crippen LogP contribution in [-0.4, -0.2) is 35.4 Å². The predicted octanol–water partition coefficient (Wildman–Crippen LogP) is 0.429. The van der Waals surface area contributed by atoms with Crippen molar-refractivity contribution < 1.29 is 23.8 Å². The van der Waals surface area contributed by atoms with E-state index in [4.69, 9.17) is 14.5 Å². The Morgan fingerprint density at radius 2 is 2.57 bits per heavy atom. The van der Waals surface area contributed by atoms with Gasteiger partial charge in [0.1, 0.15) is 0 Å². The maximum absolute atomic E-state index is 11.1. The van der Waals surface area contributed by atoms with Gasteiger partial charge in [0.2, 0.25) is 6.16 Å². The van der Waals surface area contributed by atoms with Gasteiger partial charge in [0.15, 0.2) is 11.8 Å². The van der Waals surface area contributed by atoms with E-state index in [1.807, 2.05) is 0 Å². The Morgan fingerprint density at radius 3 is 3.14 bits per heavy atom. The summed E-state index contributed by atoms with van der Waals surface area (Å²) in [6.45, 7) is 1.97. The summed E-state index contributed by atoms with van der Waals surface area (Å²) in [5, 5.41) is 3.49. The van der Waals surface area contributed by atoms with Gasteiger partial charge in [0, 0.05) is 6.42 Å².